The quantitative estimate of drug-likeness (QED) is 0.671. The van der Waals surface area contributed by atoms with Gasteiger partial charge >= 0.3 is 12.2 Å². The summed E-state index contributed by atoms with van der Waals surface area (Å²) in [5.41, 5.74) is 6.32. The maximum absolute atomic E-state index is 13.5. The van der Waals surface area contributed by atoms with Crippen LogP contribution in [0.15, 0.2) is 59.8 Å². The Morgan fingerprint density at radius 3 is 2.39 bits per heavy atom. The molecular formula is C23H20F3N5O2. The Hall–Kier alpha value is -3.84. The topological polar surface area (TPSA) is 112 Å². The van der Waals surface area contributed by atoms with Gasteiger partial charge in [-0.15, -0.1) is 0 Å². The summed E-state index contributed by atoms with van der Waals surface area (Å²) < 4.78 is 39.8. The van der Waals surface area contributed by atoms with E-state index in [0.717, 1.165) is 34.0 Å². The second-order valence-electron chi connectivity index (χ2n) is 7.90. The van der Waals surface area contributed by atoms with Crippen LogP contribution in [-0.4, -0.2) is 29.9 Å². The van der Waals surface area contributed by atoms with Crippen LogP contribution in [0.1, 0.15) is 35.7 Å². The van der Waals surface area contributed by atoms with Crippen molar-refractivity contribution in [2.75, 3.05) is 18.0 Å². The lowest BCUT2D eigenvalue weighted by atomic mass is 9.92. The first-order chi connectivity index (χ1) is 15.6. The van der Waals surface area contributed by atoms with Crippen molar-refractivity contribution in [3.05, 3.63) is 76.5 Å². The Morgan fingerprint density at radius 1 is 1.21 bits per heavy atom. The number of anilines is 1. The van der Waals surface area contributed by atoms with Crippen molar-refractivity contribution in [1.82, 2.24) is 10.2 Å². The van der Waals surface area contributed by atoms with Crippen molar-refractivity contribution in [1.29, 1.82) is 5.26 Å². The van der Waals surface area contributed by atoms with Crippen LogP contribution in [0.3, 0.4) is 0 Å². The molecule has 3 N–H and O–H groups in total. The molecule has 0 saturated carbocycles. The molecule has 2 heterocycles. The molecule has 1 saturated heterocycles. The molecule has 2 aromatic carbocycles. The second-order valence-corrected chi connectivity index (χ2v) is 7.90. The Labute approximate surface area is 187 Å². The van der Waals surface area contributed by atoms with E-state index >= 15 is 0 Å². The summed E-state index contributed by atoms with van der Waals surface area (Å²) in [4.78, 5) is 27.4. The zero-order valence-electron chi connectivity index (χ0n) is 17.6. The highest BCUT2D eigenvalue weighted by Crippen LogP contribution is 2.40. The van der Waals surface area contributed by atoms with Crippen LogP contribution in [0.25, 0.3) is 0 Å². The molecule has 4 rings (SSSR count). The lowest BCUT2D eigenvalue weighted by molar-refractivity contribution is -0.137. The fourth-order valence-electron chi connectivity index (χ4n) is 4.00. The van der Waals surface area contributed by atoms with Crippen LogP contribution >= 0.6 is 0 Å². The number of nitriles is 1. The molecule has 2 atom stereocenters. The highest BCUT2D eigenvalue weighted by atomic mass is 19.4. The minimum Gasteiger partial charge on any atom is -0.368 e. The third kappa shape index (κ3) is 4.27. The Bertz CT molecular complexity index is 1180. The summed E-state index contributed by atoms with van der Waals surface area (Å²) in [5.74, 6) is -0.812. The summed E-state index contributed by atoms with van der Waals surface area (Å²) in [7, 11) is 0. The number of nitrogens with two attached hydrogens (primary N) is 1. The van der Waals surface area contributed by atoms with Crippen molar-refractivity contribution in [3.8, 4) is 6.07 Å². The fraction of sp³-hybridized carbons (Fsp3) is 0.261. The highest BCUT2D eigenvalue weighted by Gasteiger charge is 2.41. The van der Waals surface area contributed by atoms with Gasteiger partial charge in [-0.2, -0.15) is 18.4 Å². The molecule has 2 aliphatic heterocycles. The van der Waals surface area contributed by atoms with E-state index in [1.54, 1.807) is 12.1 Å². The predicted molar refractivity (Wildman–Crippen MR) is 113 cm³/mol. The third-order valence-corrected chi connectivity index (χ3v) is 5.69. The number of carbonyl (C=O) groups excluding carboxylic acids is 2. The molecule has 2 aromatic rings. The first-order valence-corrected chi connectivity index (χ1v) is 10.1. The molecule has 2 aliphatic rings. The van der Waals surface area contributed by atoms with Crippen LogP contribution in [0.5, 0.6) is 0 Å². The first-order valence-electron chi connectivity index (χ1n) is 10.1. The van der Waals surface area contributed by atoms with E-state index in [-0.39, 0.29) is 23.0 Å². The average molecular weight is 455 g/mol. The van der Waals surface area contributed by atoms with Crippen LogP contribution in [0, 0.1) is 11.3 Å². The van der Waals surface area contributed by atoms with E-state index in [1.807, 2.05) is 12.1 Å². The molecule has 33 heavy (non-hydrogen) atoms. The molecular weight excluding hydrogens is 435 g/mol. The van der Waals surface area contributed by atoms with Gasteiger partial charge in [-0.25, -0.2) is 4.79 Å². The summed E-state index contributed by atoms with van der Waals surface area (Å²) >= 11 is 0. The van der Waals surface area contributed by atoms with Gasteiger partial charge in [0.25, 0.3) is 0 Å². The lowest BCUT2D eigenvalue weighted by Crippen LogP contribution is -2.52. The molecule has 1 fully saturated rings. The molecule has 1 unspecified atom stereocenters. The maximum atomic E-state index is 13.5. The van der Waals surface area contributed by atoms with E-state index in [1.165, 1.54) is 19.1 Å². The van der Waals surface area contributed by atoms with Gasteiger partial charge < -0.3 is 16.0 Å². The van der Waals surface area contributed by atoms with Gasteiger partial charge in [0.15, 0.2) is 0 Å². The number of halogens is 3. The summed E-state index contributed by atoms with van der Waals surface area (Å²) in [6.45, 7) is 1.85. The normalized spacial score (nSPS) is 20.6. The predicted octanol–water partition coefficient (Wildman–Crippen LogP) is 3.62. The van der Waals surface area contributed by atoms with E-state index in [2.05, 4.69) is 11.4 Å². The number of nitrogens with zero attached hydrogens (tertiary/aromatic N) is 3. The Kier molecular flexibility index (Phi) is 5.59. The van der Waals surface area contributed by atoms with E-state index in [9.17, 15) is 28.0 Å². The Balaban J connectivity index is 1.83. The SMILES string of the molecule is CC1=C(C#N)[C@@H](c2ccc(C3CN3)cc2)N(CC(N)=O)C(=O)N1c1cccc(C(F)(F)F)c1. The van der Waals surface area contributed by atoms with E-state index < -0.39 is 36.3 Å². The summed E-state index contributed by atoms with van der Waals surface area (Å²) in [6, 6.07) is 12.2. The Morgan fingerprint density at radius 2 is 1.85 bits per heavy atom. The molecule has 3 amide bonds. The smallest absolute Gasteiger partial charge is 0.368 e. The van der Waals surface area contributed by atoms with Gasteiger partial charge in [-0.3, -0.25) is 9.69 Å². The van der Waals surface area contributed by atoms with Crippen molar-refractivity contribution >= 4 is 17.6 Å². The van der Waals surface area contributed by atoms with Gasteiger partial charge in [0.05, 0.1) is 28.9 Å². The number of alkyl halides is 3. The number of amides is 3. The largest absolute Gasteiger partial charge is 0.416 e. The molecule has 0 radical (unpaired) electrons. The van der Waals surface area contributed by atoms with Crippen LogP contribution in [-0.2, 0) is 11.0 Å². The molecule has 0 spiro atoms. The molecule has 0 bridgehead atoms. The van der Waals surface area contributed by atoms with E-state index in [0.29, 0.717) is 5.56 Å². The van der Waals surface area contributed by atoms with Gasteiger partial charge in [0.1, 0.15) is 6.54 Å². The molecule has 170 valence electrons. The van der Waals surface area contributed by atoms with Crippen LogP contribution in [0.4, 0.5) is 23.7 Å². The number of urea groups is 1. The number of carbonyl (C=O) groups is 2. The van der Waals surface area contributed by atoms with Gasteiger partial charge in [-0.1, -0.05) is 30.3 Å². The van der Waals surface area contributed by atoms with E-state index in [4.69, 9.17) is 5.73 Å². The fourth-order valence-corrected chi connectivity index (χ4v) is 4.00. The van der Waals surface area contributed by atoms with Crippen molar-refractivity contribution in [2.24, 2.45) is 5.73 Å². The van der Waals surface area contributed by atoms with Gasteiger partial charge in [0.2, 0.25) is 5.91 Å². The van der Waals surface area contributed by atoms with Gasteiger partial charge in [0, 0.05) is 18.3 Å². The van der Waals surface area contributed by atoms with Crippen molar-refractivity contribution in [2.45, 2.75) is 25.2 Å². The monoisotopic (exact) mass is 455 g/mol. The standard InChI is InChI=1S/C23H20F3N5O2/c1-13-18(10-27)21(15-7-5-14(6-8-15)19-11-29-19)30(12-20(28)32)22(33)31(13)17-4-2-3-16(9-17)23(24,25)26/h2-9,19,21,29H,11-12H2,1H3,(H2,28,32)/t19?,21-/m1/s1. The number of hydrogen-bond acceptors (Lipinski definition) is 4. The molecule has 0 aromatic heterocycles. The summed E-state index contributed by atoms with van der Waals surface area (Å²) in [6.07, 6.45) is -4.61. The minimum atomic E-state index is -4.61. The maximum Gasteiger partial charge on any atom is 0.416 e. The highest BCUT2D eigenvalue weighted by molar-refractivity contribution is 5.99. The number of allylic oxidation sites excluding steroid dienone is 1. The molecule has 7 nitrogen and oxygen atoms in total. The van der Waals surface area contributed by atoms with Crippen molar-refractivity contribution in [3.63, 3.8) is 0 Å². The van der Waals surface area contributed by atoms with Gasteiger partial charge in [-0.05, 0) is 36.2 Å². The molecule has 0 aliphatic carbocycles. The van der Waals surface area contributed by atoms with Crippen LogP contribution in [0.2, 0.25) is 0 Å². The van der Waals surface area contributed by atoms with Crippen molar-refractivity contribution < 1.29 is 22.8 Å². The number of rotatable bonds is 5. The number of hydrogen-bond donors (Lipinski definition) is 2. The summed E-state index contributed by atoms with van der Waals surface area (Å²) in [5, 5.41) is 13.1. The third-order valence-electron chi connectivity index (χ3n) is 5.69. The zero-order valence-corrected chi connectivity index (χ0v) is 17.6. The molecule has 10 heteroatoms. The number of nitrogens with one attached hydrogen (secondary N) is 1. The van der Waals surface area contributed by atoms with Crippen LogP contribution < -0.4 is 16.0 Å². The number of benzene rings is 2. The average Bonchev–Trinajstić information content (AvgIpc) is 3.60. The minimum absolute atomic E-state index is 0.0665. The second kappa shape index (κ2) is 8.26. The number of primary amides is 1. The lowest BCUT2D eigenvalue weighted by Gasteiger charge is -2.41. The first kappa shape index (κ1) is 22.4. The zero-order chi connectivity index (χ0) is 23.9.